The van der Waals surface area contributed by atoms with Gasteiger partial charge in [-0.1, -0.05) is 29.7 Å². The number of rotatable bonds is 3. The van der Waals surface area contributed by atoms with Crippen molar-refractivity contribution in [1.29, 1.82) is 0 Å². The molecule has 0 amide bonds. The first-order chi connectivity index (χ1) is 8.97. The van der Waals surface area contributed by atoms with Crippen LogP contribution in [0.5, 0.6) is 0 Å². The average molecular weight is 278 g/mol. The van der Waals surface area contributed by atoms with Crippen molar-refractivity contribution in [2.45, 2.75) is 45.3 Å². The molecule has 0 heterocycles. The Bertz CT molecular complexity index is 401. The predicted molar refractivity (Wildman–Crippen MR) is 80.1 cm³/mol. The van der Waals surface area contributed by atoms with E-state index in [1.54, 1.807) is 39.8 Å². The topological polar surface area (TPSA) is 66.8 Å². The molecule has 4 nitrogen and oxygen atoms in total. The second-order valence-electron chi connectivity index (χ2n) is 5.61. The summed E-state index contributed by atoms with van der Waals surface area (Å²) in [5, 5.41) is 18.2. The zero-order chi connectivity index (χ0) is 16.0. The number of benzene rings is 1. The molecule has 0 fully saturated rings. The van der Waals surface area contributed by atoms with Crippen LogP contribution in [0.1, 0.15) is 33.3 Å². The molecule has 2 N–H and O–H groups in total. The van der Waals surface area contributed by atoms with Crippen molar-refractivity contribution in [2.24, 2.45) is 0 Å². The summed E-state index contributed by atoms with van der Waals surface area (Å²) in [6.07, 6.45) is 0.302. The molecule has 0 aliphatic rings. The number of carbonyl (C=O) groups is 1. The van der Waals surface area contributed by atoms with Crippen molar-refractivity contribution in [3.05, 3.63) is 29.8 Å². The average Bonchev–Trinajstić information content (AvgIpc) is 2.30. The van der Waals surface area contributed by atoms with E-state index in [1.165, 1.54) is 7.11 Å². The normalized spacial score (nSPS) is 11.3. The minimum atomic E-state index is -1.01. The summed E-state index contributed by atoms with van der Waals surface area (Å²) in [5.74, 6) is -0.236. The number of aliphatic hydroxyl groups is 2. The lowest BCUT2D eigenvalue weighted by molar-refractivity contribution is -0.139. The van der Waals surface area contributed by atoms with Gasteiger partial charge in [-0.2, -0.15) is 0 Å². The molecule has 0 unspecified atom stereocenters. The molecule has 0 spiro atoms. The summed E-state index contributed by atoms with van der Waals surface area (Å²) in [6.45, 7) is 6.31. The Morgan fingerprint density at radius 2 is 1.50 bits per heavy atom. The molecule has 20 heavy (non-hydrogen) atoms. The molecular weight excluding hydrogens is 255 g/mol. The Labute approximate surface area is 122 Å². The summed E-state index contributed by atoms with van der Waals surface area (Å²) in [7, 11) is 6.85. The van der Waals surface area contributed by atoms with E-state index in [0.717, 1.165) is 5.56 Å². The molecule has 1 rings (SSSR count). The Morgan fingerprint density at radius 1 is 1.10 bits per heavy atom. The maximum absolute atomic E-state index is 10.8. The van der Waals surface area contributed by atoms with Gasteiger partial charge >= 0.3 is 5.97 Å². The van der Waals surface area contributed by atoms with Gasteiger partial charge in [0.2, 0.25) is 0 Å². The minimum Gasteiger partial charge on any atom is -0.469 e. The highest BCUT2D eigenvalue weighted by atomic mass is 16.5. The van der Waals surface area contributed by atoms with E-state index in [-0.39, 0.29) is 5.97 Å². The molecule has 0 aliphatic carbocycles. The molecule has 0 saturated carbocycles. The molecule has 0 atom stereocenters. The molecule has 0 bridgehead atoms. The van der Waals surface area contributed by atoms with Crippen LogP contribution < -0.4 is 5.46 Å². The quantitative estimate of drug-likeness (QED) is 0.631. The van der Waals surface area contributed by atoms with E-state index in [0.29, 0.717) is 11.9 Å². The molecular formula is C15H23BO4. The van der Waals surface area contributed by atoms with Gasteiger partial charge < -0.3 is 14.9 Å². The summed E-state index contributed by atoms with van der Waals surface area (Å²) in [5.41, 5.74) is -0.403. The van der Waals surface area contributed by atoms with E-state index in [4.69, 9.17) is 18.1 Å². The summed E-state index contributed by atoms with van der Waals surface area (Å²) >= 11 is 0. The van der Waals surface area contributed by atoms with Crippen molar-refractivity contribution < 1.29 is 19.7 Å². The van der Waals surface area contributed by atoms with Gasteiger partial charge in [-0.3, -0.25) is 4.79 Å². The van der Waals surface area contributed by atoms with E-state index in [1.807, 2.05) is 12.1 Å². The van der Waals surface area contributed by atoms with Gasteiger partial charge in [0.15, 0.2) is 0 Å². The van der Waals surface area contributed by atoms with E-state index in [9.17, 15) is 4.79 Å². The van der Waals surface area contributed by atoms with Gasteiger partial charge in [-0.05, 0) is 33.3 Å². The number of hydrogen-bond acceptors (Lipinski definition) is 4. The number of ether oxygens (including phenoxy) is 1. The largest absolute Gasteiger partial charge is 0.469 e. The lowest BCUT2D eigenvalue weighted by Gasteiger charge is -2.31. The maximum atomic E-state index is 10.8. The summed E-state index contributed by atoms with van der Waals surface area (Å²) in [6, 6.07) is 7.15. The predicted octanol–water partition coefficient (Wildman–Crippen LogP) is 0.724. The van der Waals surface area contributed by atoms with Crippen molar-refractivity contribution in [3.8, 4) is 0 Å². The van der Waals surface area contributed by atoms with Gasteiger partial charge in [-0.15, -0.1) is 0 Å². The van der Waals surface area contributed by atoms with Crippen LogP contribution in [0.4, 0.5) is 0 Å². The highest BCUT2D eigenvalue weighted by Crippen LogP contribution is 2.19. The Hall–Kier alpha value is -1.33. The fraction of sp³-hybridized carbons (Fsp3) is 0.533. The molecule has 110 valence electrons. The number of methoxy groups -OCH3 is 1. The molecule has 0 aliphatic heterocycles. The third kappa shape index (κ3) is 7.31. The van der Waals surface area contributed by atoms with E-state index in [2.05, 4.69) is 4.74 Å². The second-order valence-corrected chi connectivity index (χ2v) is 5.61. The van der Waals surface area contributed by atoms with Crippen LogP contribution in [-0.2, 0) is 16.0 Å². The van der Waals surface area contributed by atoms with Crippen LogP contribution in [0, 0.1) is 0 Å². The highest BCUT2D eigenvalue weighted by Gasteiger charge is 2.31. The lowest BCUT2D eigenvalue weighted by Crippen LogP contribution is -2.44. The van der Waals surface area contributed by atoms with Crippen LogP contribution in [0.3, 0.4) is 0 Å². The standard InChI is InChI=1S/C9H9BO2.C6H14O2/c1-12-9(11)6-7-2-4-8(10)5-3-7;1-5(2,7)6(3,4)8/h2-5H,6H2,1H3;7-8H,1-4H3. The fourth-order valence-corrected chi connectivity index (χ4v) is 0.874. The third-order valence-corrected chi connectivity index (χ3v) is 3.05. The van der Waals surface area contributed by atoms with Crippen molar-refractivity contribution >= 4 is 19.3 Å². The van der Waals surface area contributed by atoms with E-state index >= 15 is 0 Å². The van der Waals surface area contributed by atoms with Crippen LogP contribution in [0.2, 0.25) is 0 Å². The molecule has 0 saturated heterocycles. The van der Waals surface area contributed by atoms with Crippen molar-refractivity contribution in [2.75, 3.05) is 7.11 Å². The smallest absolute Gasteiger partial charge is 0.309 e. The molecule has 5 heteroatoms. The number of esters is 1. The van der Waals surface area contributed by atoms with Gasteiger partial charge in [0.1, 0.15) is 7.85 Å². The van der Waals surface area contributed by atoms with Gasteiger partial charge in [0.25, 0.3) is 0 Å². The van der Waals surface area contributed by atoms with Crippen LogP contribution >= 0.6 is 0 Å². The van der Waals surface area contributed by atoms with Crippen molar-refractivity contribution in [3.63, 3.8) is 0 Å². The van der Waals surface area contributed by atoms with Crippen LogP contribution in [0.25, 0.3) is 0 Å². The van der Waals surface area contributed by atoms with Gasteiger partial charge in [0, 0.05) is 0 Å². The molecule has 1 aromatic carbocycles. The first kappa shape index (κ1) is 18.7. The first-order valence-corrected chi connectivity index (χ1v) is 6.33. The first-order valence-electron chi connectivity index (χ1n) is 6.33. The monoisotopic (exact) mass is 278 g/mol. The Morgan fingerprint density at radius 3 is 1.80 bits per heavy atom. The summed E-state index contributed by atoms with van der Waals surface area (Å²) < 4.78 is 4.51. The van der Waals surface area contributed by atoms with Gasteiger partial charge in [-0.25, -0.2) is 0 Å². The van der Waals surface area contributed by atoms with Gasteiger partial charge in [0.05, 0.1) is 24.7 Å². The minimum absolute atomic E-state index is 0.236. The SMILES string of the molecule is CC(C)(O)C(C)(C)O.[B]c1ccc(CC(=O)OC)cc1. The van der Waals surface area contributed by atoms with E-state index < -0.39 is 11.2 Å². The fourth-order valence-electron chi connectivity index (χ4n) is 0.874. The Kier molecular flexibility index (Phi) is 6.96. The molecule has 1 aromatic rings. The number of hydrogen-bond donors (Lipinski definition) is 2. The molecule has 0 aromatic heterocycles. The molecule has 2 radical (unpaired) electrons. The second kappa shape index (κ2) is 7.46. The van der Waals surface area contributed by atoms with Crippen molar-refractivity contribution in [1.82, 2.24) is 0 Å². The lowest BCUT2D eigenvalue weighted by atomic mass is 9.90. The summed E-state index contributed by atoms with van der Waals surface area (Å²) in [4.78, 5) is 10.8. The van der Waals surface area contributed by atoms with Crippen LogP contribution in [-0.4, -0.2) is 42.3 Å². The Balaban J connectivity index is 0.000000396. The van der Waals surface area contributed by atoms with Crippen LogP contribution in [0.15, 0.2) is 24.3 Å². The third-order valence-electron chi connectivity index (χ3n) is 3.05. The zero-order valence-corrected chi connectivity index (χ0v) is 12.8. The highest BCUT2D eigenvalue weighted by molar-refractivity contribution is 6.32. The maximum Gasteiger partial charge on any atom is 0.309 e. The number of carbonyl (C=O) groups excluding carboxylic acids is 1. The zero-order valence-electron chi connectivity index (χ0n) is 12.8.